The second-order valence-electron chi connectivity index (χ2n) is 6.85. The maximum atomic E-state index is 14.9. The first kappa shape index (κ1) is 18.9. The maximum absolute atomic E-state index is 14.9. The lowest BCUT2D eigenvalue weighted by Crippen LogP contribution is -2.40. The Morgan fingerprint density at radius 1 is 1.44 bits per heavy atom. The van der Waals surface area contributed by atoms with Crippen molar-refractivity contribution in [3.05, 3.63) is 28.1 Å². The molecule has 1 aromatic carbocycles. The van der Waals surface area contributed by atoms with E-state index in [0.717, 1.165) is 18.9 Å². The average Bonchev–Trinajstić information content (AvgIpc) is 2.48. The van der Waals surface area contributed by atoms with Crippen molar-refractivity contribution in [2.24, 2.45) is 0 Å². The van der Waals surface area contributed by atoms with Crippen LogP contribution in [0.15, 0.2) is 12.1 Å². The van der Waals surface area contributed by atoms with Gasteiger partial charge in [-0.2, -0.15) is 0 Å². The second kappa shape index (κ2) is 7.22. The quantitative estimate of drug-likeness (QED) is 0.636. The number of nitrogens with one attached hydrogen (secondary N) is 1. The molecule has 1 saturated heterocycles. The molecule has 1 heterocycles. The van der Waals surface area contributed by atoms with E-state index in [0.29, 0.717) is 13.0 Å². The van der Waals surface area contributed by atoms with Gasteiger partial charge in [0.15, 0.2) is 11.5 Å². The van der Waals surface area contributed by atoms with Crippen LogP contribution >= 0.6 is 0 Å². The molecule has 1 aliphatic heterocycles. The molecule has 2 N–H and O–H groups in total. The lowest BCUT2D eigenvalue weighted by atomic mass is 10.1. The number of halogens is 1. The average molecular weight is 355 g/mol. The number of nitro groups is 1. The summed E-state index contributed by atoms with van der Waals surface area (Å²) in [6.07, 6.45) is 0.188. The third-order valence-corrected chi connectivity index (χ3v) is 3.70. The van der Waals surface area contributed by atoms with Crippen LogP contribution in [0.2, 0.25) is 0 Å². The molecule has 2 rings (SSSR count). The topological polar surface area (TPSA) is 105 Å². The fourth-order valence-electron chi connectivity index (χ4n) is 2.65. The molecule has 25 heavy (non-hydrogen) atoms. The third kappa shape index (κ3) is 4.56. The van der Waals surface area contributed by atoms with Crippen LogP contribution in [0.1, 0.15) is 40.0 Å². The van der Waals surface area contributed by atoms with E-state index in [1.165, 1.54) is 11.0 Å². The Labute approximate surface area is 144 Å². The van der Waals surface area contributed by atoms with Crippen LogP contribution in [0.25, 0.3) is 0 Å². The van der Waals surface area contributed by atoms with Crippen molar-refractivity contribution in [3.8, 4) is 0 Å². The molecule has 0 bridgehead atoms. The highest BCUT2D eigenvalue weighted by Crippen LogP contribution is 2.36. The summed E-state index contributed by atoms with van der Waals surface area (Å²) in [6.45, 7) is 5.29. The largest absolute Gasteiger partial charge is 0.444 e. The molecule has 0 aliphatic carbocycles. The summed E-state index contributed by atoms with van der Waals surface area (Å²) in [5.41, 5.74) is -1.99. The number of rotatable bonds is 3. The van der Waals surface area contributed by atoms with E-state index in [2.05, 4.69) is 5.32 Å². The lowest BCUT2D eigenvalue weighted by molar-refractivity contribution is -0.384. The van der Waals surface area contributed by atoms with Crippen molar-refractivity contribution in [2.45, 2.75) is 51.9 Å². The van der Waals surface area contributed by atoms with E-state index in [4.69, 9.17) is 4.74 Å². The van der Waals surface area contributed by atoms with Crippen LogP contribution in [0.3, 0.4) is 0 Å². The molecule has 138 valence electrons. The number of carbonyl (C=O) groups is 1. The fraction of sp³-hybridized carbons (Fsp3) is 0.562. The van der Waals surface area contributed by atoms with Gasteiger partial charge in [-0.15, -0.1) is 0 Å². The standard InChI is InChI=1S/C16H22FN3O5/c1-16(2,3)25-15(22)18-14-11(20(23)24)8-7-10(13(14)17)19-9-5-4-6-12(19)21/h7-8,12,21H,4-6,9H2,1-3H3,(H,18,22). The normalized spacial score (nSPS) is 18.0. The van der Waals surface area contributed by atoms with Gasteiger partial charge >= 0.3 is 6.09 Å². The van der Waals surface area contributed by atoms with E-state index in [1.807, 2.05) is 0 Å². The fourth-order valence-corrected chi connectivity index (χ4v) is 2.65. The first-order valence-corrected chi connectivity index (χ1v) is 8.02. The smallest absolute Gasteiger partial charge is 0.412 e. The number of aliphatic hydroxyl groups is 1. The first-order chi connectivity index (χ1) is 11.6. The zero-order valence-corrected chi connectivity index (χ0v) is 14.4. The molecule has 1 amide bonds. The van der Waals surface area contributed by atoms with Crippen LogP contribution in [0, 0.1) is 15.9 Å². The lowest BCUT2D eigenvalue weighted by Gasteiger charge is -2.34. The van der Waals surface area contributed by atoms with Gasteiger partial charge in [0.2, 0.25) is 0 Å². The number of amides is 1. The molecule has 0 aromatic heterocycles. The summed E-state index contributed by atoms with van der Waals surface area (Å²) in [5, 5.41) is 23.4. The summed E-state index contributed by atoms with van der Waals surface area (Å²) in [5.74, 6) is -0.971. The summed E-state index contributed by atoms with van der Waals surface area (Å²) >= 11 is 0. The molecule has 1 aliphatic rings. The van der Waals surface area contributed by atoms with Gasteiger partial charge in [-0.3, -0.25) is 15.4 Å². The van der Waals surface area contributed by atoms with E-state index in [9.17, 15) is 24.4 Å². The Morgan fingerprint density at radius 3 is 2.68 bits per heavy atom. The van der Waals surface area contributed by atoms with Crippen molar-refractivity contribution < 1.29 is 24.0 Å². The molecule has 9 heteroatoms. The van der Waals surface area contributed by atoms with E-state index in [-0.39, 0.29) is 5.69 Å². The molecule has 0 radical (unpaired) electrons. The van der Waals surface area contributed by atoms with Crippen LogP contribution < -0.4 is 10.2 Å². The van der Waals surface area contributed by atoms with Crippen LogP contribution in [-0.2, 0) is 4.74 Å². The Balaban J connectivity index is 2.39. The minimum atomic E-state index is -0.995. The highest BCUT2D eigenvalue weighted by atomic mass is 19.1. The van der Waals surface area contributed by atoms with Gasteiger partial charge in [-0.1, -0.05) is 0 Å². The number of hydrogen-bond donors (Lipinski definition) is 2. The predicted molar refractivity (Wildman–Crippen MR) is 90.1 cm³/mol. The minimum Gasteiger partial charge on any atom is -0.444 e. The highest BCUT2D eigenvalue weighted by Gasteiger charge is 2.30. The predicted octanol–water partition coefficient (Wildman–Crippen LogP) is 3.39. The Morgan fingerprint density at radius 2 is 2.12 bits per heavy atom. The molecule has 1 fully saturated rings. The van der Waals surface area contributed by atoms with Gasteiger partial charge < -0.3 is 14.7 Å². The Kier molecular flexibility index (Phi) is 5.46. The molecule has 0 saturated carbocycles. The number of ether oxygens (including phenoxy) is 1. The summed E-state index contributed by atoms with van der Waals surface area (Å²) in [7, 11) is 0. The van der Waals surface area contributed by atoms with Gasteiger partial charge in [0.25, 0.3) is 5.69 Å². The number of nitrogens with zero attached hydrogens (tertiary/aromatic N) is 2. The van der Waals surface area contributed by atoms with Crippen LogP contribution in [-0.4, -0.2) is 34.5 Å². The summed E-state index contributed by atoms with van der Waals surface area (Å²) in [4.78, 5) is 23.7. The minimum absolute atomic E-state index is 0.00357. The number of nitro benzene ring substituents is 1. The second-order valence-corrected chi connectivity index (χ2v) is 6.85. The Hall–Kier alpha value is -2.42. The molecule has 0 spiro atoms. The van der Waals surface area contributed by atoms with Crippen LogP contribution in [0.5, 0.6) is 0 Å². The van der Waals surface area contributed by atoms with Crippen molar-refractivity contribution >= 4 is 23.2 Å². The molecule has 8 nitrogen and oxygen atoms in total. The molecular formula is C16H22FN3O5. The number of piperidine rings is 1. The van der Waals surface area contributed by atoms with Gasteiger partial charge in [-0.05, 0) is 46.1 Å². The van der Waals surface area contributed by atoms with E-state index >= 15 is 0 Å². The summed E-state index contributed by atoms with van der Waals surface area (Å²) in [6, 6.07) is 2.34. The van der Waals surface area contributed by atoms with Gasteiger partial charge in [-0.25, -0.2) is 9.18 Å². The zero-order valence-electron chi connectivity index (χ0n) is 14.4. The van der Waals surface area contributed by atoms with E-state index in [1.54, 1.807) is 20.8 Å². The molecular weight excluding hydrogens is 333 g/mol. The summed E-state index contributed by atoms with van der Waals surface area (Å²) < 4.78 is 20.0. The van der Waals surface area contributed by atoms with Gasteiger partial charge in [0, 0.05) is 12.6 Å². The first-order valence-electron chi connectivity index (χ1n) is 8.02. The zero-order chi connectivity index (χ0) is 18.8. The number of aliphatic hydroxyl groups excluding tert-OH is 1. The van der Waals surface area contributed by atoms with Crippen molar-refractivity contribution in [1.29, 1.82) is 0 Å². The van der Waals surface area contributed by atoms with Crippen molar-refractivity contribution in [2.75, 3.05) is 16.8 Å². The van der Waals surface area contributed by atoms with Crippen molar-refractivity contribution in [3.63, 3.8) is 0 Å². The Bertz CT molecular complexity index is 674. The number of anilines is 2. The third-order valence-electron chi connectivity index (χ3n) is 3.70. The molecule has 1 unspecified atom stereocenters. The highest BCUT2D eigenvalue weighted by molar-refractivity contribution is 5.89. The maximum Gasteiger partial charge on any atom is 0.412 e. The van der Waals surface area contributed by atoms with E-state index < -0.39 is 40.0 Å². The SMILES string of the molecule is CC(C)(C)OC(=O)Nc1c([N+](=O)[O-])ccc(N2CCCCC2O)c1F. The van der Waals surface area contributed by atoms with Gasteiger partial charge in [0.1, 0.15) is 11.8 Å². The number of benzene rings is 1. The number of hydrogen-bond acceptors (Lipinski definition) is 6. The molecule has 1 aromatic rings. The monoisotopic (exact) mass is 355 g/mol. The van der Waals surface area contributed by atoms with Crippen molar-refractivity contribution in [1.82, 2.24) is 0 Å². The number of carbonyl (C=O) groups excluding carboxylic acids is 1. The molecule has 1 atom stereocenters. The van der Waals surface area contributed by atoms with Gasteiger partial charge in [0.05, 0.1) is 10.6 Å². The van der Waals surface area contributed by atoms with Crippen LogP contribution in [0.4, 0.5) is 26.2 Å².